The first-order valence-corrected chi connectivity index (χ1v) is 11.1. The number of nitrogens with one attached hydrogen (secondary N) is 1. The molecule has 4 heteroatoms. The van der Waals surface area contributed by atoms with E-state index >= 15 is 0 Å². The molecule has 0 radical (unpaired) electrons. The van der Waals surface area contributed by atoms with Crippen LogP contribution in [0.3, 0.4) is 0 Å². The van der Waals surface area contributed by atoms with Crippen molar-refractivity contribution in [3.63, 3.8) is 0 Å². The average Bonchev–Trinajstić information content (AvgIpc) is 2.58. The number of hydrogen-bond acceptors (Lipinski definition) is 1. The summed E-state index contributed by atoms with van der Waals surface area (Å²) in [6.07, 6.45) is 8.43. The van der Waals surface area contributed by atoms with Gasteiger partial charge in [-0.05, 0) is 0 Å². The molecule has 2 rings (SSSR count). The van der Waals surface area contributed by atoms with Crippen molar-refractivity contribution in [2.24, 2.45) is 0 Å². The Morgan fingerprint density at radius 1 is 1.14 bits per heavy atom. The third kappa shape index (κ3) is 4.51. The summed E-state index contributed by atoms with van der Waals surface area (Å²) in [7, 11) is -1.44. The summed E-state index contributed by atoms with van der Waals surface area (Å²) in [5.41, 5.74) is 2.38. The molecule has 0 saturated carbocycles. The summed E-state index contributed by atoms with van der Waals surface area (Å²) in [4.78, 5) is 12.4. The summed E-state index contributed by atoms with van der Waals surface area (Å²) >= 11 is 0. The Kier molecular flexibility index (Phi) is 5.37. The second-order valence-electron chi connectivity index (χ2n) is 6.86. The second kappa shape index (κ2) is 6.87. The van der Waals surface area contributed by atoms with Crippen molar-refractivity contribution in [3.8, 4) is 0 Å². The van der Waals surface area contributed by atoms with Crippen LogP contribution in [0.1, 0.15) is 36.8 Å². The summed E-state index contributed by atoms with van der Waals surface area (Å²) in [6, 6.07) is 2.96. The molecule has 1 heterocycles. The molecule has 1 N–H and O–H groups in total. The number of hydrogen-bond donors (Lipinski definition) is 1. The van der Waals surface area contributed by atoms with Crippen LogP contribution in [0.15, 0.2) is 12.1 Å². The van der Waals surface area contributed by atoms with Gasteiger partial charge in [-0.1, -0.05) is 0 Å². The summed E-state index contributed by atoms with van der Waals surface area (Å²) in [5, 5.41) is 3.03. The van der Waals surface area contributed by atoms with E-state index in [4.69, 9.17) is 0 Å². The van der Waals surface area contributed by atoms with Crippen molar-refractivity contribution in [1.29, 1.82) is 0 Å². The van der Waals surface area contributed by atoms with Gasteiger partial charge >= 0.3 is 127 Å². The number of anilines is 1. The van der Waals surface area contributed by atoms with E-state index in [2.05, 4.69) is 12.0 Å². The number of carbonyl (C=O) groups is 1. The molecule has 0 atom stereocenters. The molecular weight excluding hydrogens is 284 g/mol. The molecule has 2 nitrogen and oxygen atoms in total. The van der Waals surface area contributed by atoms with Crippen LogP contribution < -0.4 is 5.32 Å². The SMILES string of the molecule is Cc1cc(F)cc(C)c1NC(=O)C[PH]1(C)CCCCCC1. The van der Waals surface area contributed by atoms with Crippen LogP contribution in [-0.4, -0.2) is 31.1 Å². The zero-order valence-corrected chi connectivity index (χ0v) is 14.4. The number of aryl methyl sites for hydroxylation is 2. The van der Waals surface area contributed by atoms with E-state index in [1.165, 1.54) is 50.1 Å². The van der Waals surface area contributed by atoms with Crippen LogP contribution in [0.2, 0.25) is 0 Å². The first-order valence-electron chi connectivity index (χ1n) is 7.96. The van der Waals surface area contributed by atoms with Gasteiger partial charge in [-0.15, -0.1) is 0 Å². The van der Waals surface area contributed by atoms with Gasteiger partial charge in [0.05, 0.1) is 0 Å². The molecule has 1 saturated heterocycles. The monoisotopic (exact) mass is 311 g/mol. The van der Waals surface area contributed by atoms with Gasteiger partial charge in [0.1, 0.15) is 0 Å². The molecule has 0 unspecified atom stereocenters. The van der Waals surface area contributed by atoms with Gasteiger partial charge in [0, 0.05) is 0 Å². The van der Waals surface area contributed by atoms with Crippen LogP contribution in [0.4, 0.5) is 10.1 Å². The van der Waals surface area contributed by atoms with Crippen molar-refractivity contribution in [3.05, 3.63) is 29.1 Å². The van der Waals surface area contributed by atoms with E-state index in [0.29, 0.717) is 6.16 Å². The fourth-order valence-electron chi connectivity index (χ4n) is 3.44. The molecule has 0 bridgehead atoms. The van der Waals surface area contributed by atoms with E-state index < -0.39 is 7.26 Å². The van der Waals surface area contributed by atoms with E-state index in [9.17, 15) is 9.18 Å². The predicted molar refractivity (Wildman–Crippen MR) is 91.8 cm³/mol. The van der Waals surface area contributed by atoms with Gasteiger partial charge < -0.3 is 0 Å². The molecule has 1 amide bonds. The average molecular weight is 311 g/mol. The molecule has 1 aliphatic heterocycles. The van der Waals surface area contributed by atoms with Gasteiger partial charge in [-0.25, -0.2) is 0 Å². The third-order valence-electron chi connectivity index (χ3n) is 4.66. The normalized spacial score (nSPS) is 19.6. The van der Waals surface area contributed by atoms with Crippen molar-refractivity contribution in [2.75, 3.05) is 30.5 Å². The van der Waals surface area contributed by atoms with E-state index in [-0.39, 0.29) is 11.7 Å². The molecule has 118 valence electrons. The summed E-state index contributed by atoms with van der Waals surface area (Å²) in [5.74, 6) is -0.128. The van der Waals surface area contributed by atoms with Crippen molar-refractivity contribution in [1.82, 2.24) is 0 Å². The van der Waals surface area contributed by atoms with E-state index in [1.54, 1.807) is 0 Å². The second-order valence-corrected chi connectivity index (χ2v) is 11.8. The van der Waals surface area contributed by atoms with Crippen LogP contribution in [-0.2, 0) is 4.79 Å². The standard InChI is InChI=1S/C17H27FNOP/c1-13-10-15(18)11-14(2)17(13)19-16(20)12-21(3)8-6-4-5-7-9-21/h10-11,21H,4-9,12H2,1-3H3,(H,19,20). The van der Waals surface area contributed by atoms with Crippen molar-refractivity contribution < 1.29 is 9.18 Å². The third-order valence-corrected chi connectivity index (χ3v) is 8.96. The fraction of sp³-hybridized carbons (Fsp3) is 0.588. The number of amides is 1. The molecule has 0 aromatic heterocycles. The van der Waals surface area contributed by atoms with Crippen LogP contribution in [0, 0.1) is 19.7 Å². The van der Waals surface area contributed by atoms with Gasteiger partial charge in [0.2, 0.25) is 0 Å². The van der Waals surface area contributed by atoms with E-state index in [1.807, 2.05) is 13.8 Å². The first-order chi connectivity index (χ1) is 9.89. The Labute approximate surface area is 127 Å². The van der Waals surface area contributed by atoms with Gasteiger partial charge in [0.15, 0.2) is 0 Å². The fourth-order valence-corrected chi connectivity index (χ4v) is 7.11. The minimum absolute atomic E-state index is 0.115. The van der Waals surface area contributed by atoms with E-state index in [0.717, 1.165) is 16.8 Å². The van der Waals surface area contributed by atoms with Crippen LogP contribution >= 0.6 is 7.26 Å². The molecule has 1 fully saturated rings. The molecule has 21 heavy (non-hydrogen) atoms. The maximum atomic E-state index is 13.3. The topological polar surface area (TPSA) is 29.1 Å². The number of rotatable bonds is 3. The van der Waals surface area contributed by atoms with Crippen LogP contribution in [0.5, 0.6) is 0 Å². The zero-order valence-electron chi connectivity index (χ0n) is 13.4. The first kappa shape index (κ1) is 16.4. The minimum atomic E-state index is -1.44. The molecule has 0 aliphatic carbocycles. The summed E-state index contributed by atoms with van der Waals surface area (Å²) < 4.78 is 13.3. The summed E-state index contributed by atoms with van der Waals surface area (Å²) in [6.45, 7) is 6.05. The van der Waals surface area contributed by atoms with Crippen LogP contribution in [0.25, 0.3) is 0 Å². The molecule has 1 aromatic rings. The Morgan fingerprint density at radius 2 is 1.67 bits per heavy atom. The maximum absolute atomic E-state index is 13.3. The predicted octanol–water partition coefficient (Wildman–Crippen LogP) is 4.33. The molecule has 1 aromatic carbocycles. The Balaban J connectivity index is 2.05. The Hall–Kier alpha value is -0.950. The van der Waals surface area contributed by atoms with Gasteiger partial charge in [0.25, 0.3) is 0 Å². The molecule has 1 aliphatic rings. The Morgan fingerprint density at radius 3 is 2.19 bits per heavy atom. The van der Waals surface area contributed by atoms with Crippen molar-refractivity contribution in [2.45, 2.75) is 39.5 Å². The van der Waals surface area contributed by atoms with Crippen molar-refractivity contribution >= 4 is 18.9 Å². The van der Waals surface area contributed by atoms with Gasteiger partial charge in [-0.3, -0.25) is 0 Å². The molecular formula is C17H27FNOP. The quantitative estimate of drug-likeness (QED) is 0.827. The number of halogens is 1. The number of carbonyl (C=O) groups excluding carboxylic acids is 1. The number of benzene rings is 1. The van der Waals surface area contributed by atoms with Gasteiger partial charge in [-0.2, -0.15) is 0 Å². The molecule has 0 spiro atoms. The Bertz CT molecular complexity index is 499. The zero-order chi connectivity index (χ0) is 15.5.